The van der Waals surface area contributed by atoms with Crippen LogP contribution in [0.3, 0.4) is 0 Å². The standard InChI is InChI=1S/C14H23N5O/c1-16-13(20)11-5-6-12(19-18-11)17-10-14(9-15)7-3-2-4-8-14/h5-6H,2-4,7-10,15H2,1H3,(H,16,20)(H,17,19). The van der Waals surface area contributed by atoms with Gasteiger partial charge in [-0.05, 0) is 36.9 Å². The topological polar surface area (TPSA) is 92.9 Å². The molecule has 6 nitrogen and oxygen atoms in total. The first kappa shape index (κ1) is 14.7. The van der Waals surface area contributed by atoms with Crippen molar-refractivity contribution in [3.8, 4) is 0 Å². The van der Waals surface area contributed by atoms with Gasteiger partial charge in [0.15, 0.2) is 5.69 Å². The molecule has 1 saturated carbocycles. The van der Waals surface area contributed by atoms with Crippen molar-refractivity contribution in [2.24, 2.45) is 11.1 Å². The van der Waals surface area contributed by atoms with Crippen LogP contribution in [0, 0.1) is 5.41 Å². The lowest BCUT2D eigenvalue weighted by atomic mass is 9.74. The van der Waals surface area contributed by atoms with Gasteiger partial charge in [0.25, 0.3) is 5.91 Å². The molecular weight excluding hydrogens is 254 g/mol. The van der Waals surface area contributed by atoms with Gasteiger partial charge in [-0.15, -0.1) is 10.2 Å². The van der Waals surface area contributed by atoms with E-state index >= 15 is 0 Å². The fraction of sp³-hybridized carbons (Fsp3) is 0.643. The maximum Gasteiger partial charge on any atom is 0.271 e. The van der Waals surface area contributed by atoms with Gasteiger partial charge in [-0.3, -0.25) is 4.79 Å². The van der Waals surface area contributed by atoms with Gasteiger partial charge < -0.3 is 16.4 Å². The van der Waals surface area contributed by atoms with Gasteiger partial charge in [0.1, 0.15) is 5.82 Å². The summed E-state index contributed by atoms with van der Waals surface area (Å²) in [7, 11) is 1.57. The zero-order valence-electron chi connectivity index (χ0n) is 12.0. The van der Waals surface area contributed by atoms with Crippen molar-refractivity contribution >= 4 is 11.7 Å². The molecule has 0 aromatic carbocycles. The number of aromatic nitrogens is 2. The number of rotatable bonds is 5. The van der Waals surface area contributed by atoms with Crippen LogP contribution in [0.1, 0.15) is 42.6 Å². The Hall–Kier alpha value is -1.69. The number of nitrogens with zero attached hydrogens (tertiary/aromatic N) is 2. The zero-order chi connectivity index (χ0) is 14.4. The summed E-state index contributed by atoms with van der Waals surface area (Å²) in [6.45, 7) is 1.52. The fourth-order valence-electron chi connectivity index (χ4n) is 2.71. The molecule has 20 heavy (non-hydrogen) atoms. The fourth-order valence-corrected chi connectivity index (χ4v) is 2.71. The largest absolute Gasteiger partial charge is 0.368 e. The normalized spacial score (nSPS) is 17.5. The Morgan fingerprint density at radius 3 is 2.60 bits per heavy atom. The highest BCUT2D eigenvalue weighted by atomic mass is 16.1. The maximum absolute atomic E-state index is 11.4. The van der Waals surface area contributed by atoms with Crippen LogP contribution in [0.4, 0.5) is 5.82 Å². The summed E-state index contributed by atoms with van der Waals surface area (Å²) < 4.78 is 0. The van der Waals surface area contributed by atoms with Crippen molar-refractivity contribution in [3.05, 3.63) is 17.8 Å². The van der Waals surface area contributed by atoms with Crippen molar-refractivity contribution in [2.75, 3.05) is 25.5 Å². The molecule has 1 aromatic heterocycles. The molecule has 1 amide bonds. The van der Waals surface area contributed by atoms with Crippen LogP contribution in [0.15, 0.2) is 12.1 Å². The highest BCUT2D eigenvalue weighted by molar-refractivity contribution is 5.91. The molecule has 1 heterocycles. The predicted molar refractivity (Wildman–Crippen MR) is 78.5 cm³/mol. The molecule has 0 spiro atoms. The number of nitrogens with one attached hydrogen (secondary N) is 2. The minimum Gasteiger partial charge on any atom is -0.368 e. The van der Waals surface area contributed by atoms with E-state index in [0.717, 1.165) is 6.54 Å². The summed E-state index contributed by atoms with van der Waals surface area (Å²) in [5.74, 6) is 0.464. The molecule has 6 heteroatoms. The predicted octanol–water partition coefficient (Wildman–Crippen LogP) is 1.16. The first-order valence-electron chi connectivity index (χ1n) is 7.19. The zero-order valence-corrected chi connectivity index (χ0v) is 12.0. The maximum atomic E-state index is 11.4. The van der Waals surface area contributed by atoms with Gasteiger partial charge in [-0.25, -0.2) is 0 Å². The van der Waals surface area contributed by atoms with Crippen molar-refractivity contribution in [1.82, 2.24) is 15.5 Å². The van der Waals surface area contributed by atoms with Crippen LogP contribution in [0.25, 0.3) is 0 Å². The van der Waals surface area contributed by atoms with E-state index in [1.165, 1.54) is 32.1 Å². The van der Waals surface area contributed by atoms with E-state index in [4.69, 9.17) is 5.73 Å². The molecule has 1 aliphatic carbocycles. The summed E-state index contributed by atoms with van der Waals surface area (Å²) in [4.78, 5) is 11.4. The molecular formula is C14H23N5O. The minimum atomic E-state index is -0.227. The van der Waals surface area contributed by atoms with E-state index in [1.807, 2.05) is 0 Å². The SMILES string of the molecule is CNC(=O)c1ccc(NCC2(CN)CCCCC2)nn1. The summed E-state index contributed by atoms with van der Waals surface area (Å²) in [6, 6.07) is 3.45. The number of hydrogen-bond donors (Lipinski definition) is 3. The second kappa shape index (κ2) is 6.65. The molecule has 1 aromatic rings. The molecule has 2 rings (SSSR count). The molecule has 1 fully saturated rings. The molecule has 0 aliphatic heterocycles. The second-order valence-electron chi connectivity index (χ2n) is 5.50. The molecule has 0 atom stereocenters. The number of hydrogen-bond acceptors (Lipinski definition) is 5. The summed E-state index contributed by atoms with van der Waals surface area (Å²) in [5, 5.41) is 13.8. The van der Waals surface area contributed by atoms with E-state index < -0.39 is 0 Å². The summed E-state index contributed by atoms with van der Waals surface area (Å²) >= 11 is 0. The van der Waals surface area contributed by atoms with Crippen LogP contribution in [-0.2, 0) is 0 Å². The molecule has 0 bridgehead atoms. The Kier molecular flexibility index (Phi) is 4.89. The van der Waals surface area contributed by atoms with E-state index in [-0.39, 0.29) is 11.3 Å². The molecule has 0 unspecified atom stereocenters. The first-order valence-corrected chi connectivity index (χ1v) is 7.19. The van der Waals surface area contributed by atoms with Crippen LogP contribution in [-0.4, -0.2) is 36.2 Å². The number of carbonyl (C=O) groups is 1. The molecule has 1 aliphatic rings. The average Bonchev–Trinajstić information content (AvgIpc) is 2.53. The lowest BCUT2D eigenvalue weighted by Gasteiger charge is -2.36. The van der Waals surface area contributed by atoms with Gasteiger partial charge in [-0.2, -0.15) is 0 Å². The highest BCUT2D eigenvalue weighted by Gasteiger charge is 2.30. The second-order valence-corrected chi connectivity index (χ2v) is 5.50. The van der Waals surface area contributed by atoms with E-state index in [1.54, 1.807) is 19.2 Å². The van der Waals surface area contributed by atoms with Crippen molar-refractivity contribution < 1.29 is 4.79 Å². The van der Waals surface area contributed by atoms with Crippen molar-refractivity contribution in [2.45, 2.75) is 32.1 Å². The highest BCUT2D eigenvalue weighted by Crippen LogP contribution is 2.35. The van der Waals surface area contributed by atoms with Gasteiger partial charge >= 0.3 is 0 Å². The summed E-state index contributed by atoms with van der Waals surface area (Å²) in [6.07, 6.45) is 6.14. The van der Waals surface area contributed by atoms with Gasteiger partial charge in [0, 0.05) is 13.6 Å². The van der Waals surface area contributed by atoms with Gasteiger partial charge in [0.2, 0.25) is 0 Å². The Morgan fingerprint density at radius 2 is 2.05 bits per heavy atom. The van der Waals surface area contributed by atoms with Crippen molar-refractivity contribution in [1.29, 1.82) is 0 Å². The van der Waals surface area contributed by atoms with Gasteiger partial charge in [-0.1, -0.05) is 19.3 Å². The number of nitrogens with two attached hydrogens (primary N) is 1. The lowest BCUT2D eigenvalue weighted by Crippen LogP contribution is -2.39. The third kappa shape index (κ3) is 3.45. The lowest BCUT2D eigenvalue weighted by molar-refractivity contribution is 0.0957. The molecule has 110 valence electrons. The van der Waals surface area contributed by atoms with E-state index in [0.29, 0.717) is 18.1 Å². The van der Waals surface area contributed by atoms with E-state index in [9.17, 15) is 4.79 Å². The Labute approximate surface area is 119 Å². The third-order valence-corrected chi connectivity index (χ3v) is 4.12. The van der Waals surface area contributed by atoms with Crippen LogP contribution in [0.5, 0.6) is 0 Å². The number of carbonyl (C=O) groups excluding carboxylic acids is 1. The number of anilines is 1. The van der Waals surface area contributed by atoms with Crippen LogP contribution < -0.4 is 16.4 Å². The molecule has 4 N–H and O–H groups in total. The molecule has 0 radical (unpaired) electrons. The Balaban J connectivity index is 1.94. The Bertz CT molecular complexity index is 439. The number of amides is 1. The minimum absolute atomic E-state index is 0.180. The monoisotopic (exact) mass is 277 g/mol. The Morgan fingerprint density at radius 1 is 1.30 bits per heavy atom. The summed E-state index contributed by atoms with van der Waals surface area (Å²) in [5.41, 5.74) is 6.46. The van der Waals surface area contributed by atoms with Crippen molar-refractivity contribution in [3.63, 3.8) is 0 Å². The molecule has 0 saturated heterocycles. The van der Waals surface area contributed by atoms with Gasteiger partial charge in [0.05, 0.1) is 0 Å². The smallest absolute Gasteiger partial charge is 0.271 e. The third-order valence-electron chi connectivity index (χ3n) is 4.12. The average molecular weight is 277 g/mol. The van der Waals surface area contributed by atoms with Crippen LogP contribution in [0.2, 0.25) is 0 Å². The first-order chi connectivity index (χ1) is 9.69. The quantitative estimate of drug-likeness (QED) is 0.751. The van der Waals surface area contributed by atoms with E-state index in [2.05, 4.69) is 20.8 Å². The van der Waals surface area contributed by atoms with Crippen LogP contribution >= 0.6 is 0 Å².